The second-order valence-electron chi connectivity index (χ2n) is 6.17. The summed E-state index contributed by atoms with van der Waals surface area (Å²) in [5, 5.41) is 6.76. The van der Waals surface area contributed by atoms with Gasteiger partial charge >= 0.3 is 6.18 Å². The van der Waals surface area contributed by atoms with Crippen molar-refractivity contribution < 1.29 is 18.0 Å². The van der Waals surface area contributed by atoms with Gasteiger partial charge in [-0.05, 0) is 6.42 Å². The minimum atomic E-state index is -4.61. The van der Waals surface area contributed by atoms with Crippen molar-refractivity contribution in [3.63, 3.8) is 0 Å². The maximum Gasteiger partial charge on any atom is 0.433 e. The van der Waals surface area contributed by atoms with Crippen LogP contribution in [0, 0.1) is 0 Å². The Morgan fingerprint density at radius 2 is 2.04 bits per heavy atom. The molecular weight excluding hydrogens is 351 g/mol. The van der Waals surface area contributed by atoms with Gasteiger partial charge in [0.05, 0.1) is 11.9 Å². The van der Waals surface area contributed by atoms with Gasteiger partial charge in [-0.2, -0.15) is 23.3 Å². The number of carbonyl (C=O) groups is 1. The fourth-order valence-electron chi connectivity index (χ4n) is 2.65. The number of alkyl halides is 3. The summed E-state index contributed by atoms with van der Waals surface area (Å²) in [6.45, 7) is 0.432. The molecule has 3 heterocycles. The summed E-state index contributed by atoms with van der Waals surface area (Å²) < 4.78 is 40.8. The molecule has 2 aromatic rings. The number of aryl methyl sites for hydroxylation is 1. The van der Waals surface area contributed by atoms with Crippen LogP contribution in [-0.4, -0.2) is 52.3 Å². The maximum absolute atomic E-state index is 13.1. The van der Waals surface area contributed by atoms with Crippen molar-refractivity contribution in [2.24, 2.45) is 7.05 Å². The molecule has 0 radical (unpaired) electrons. The third kappa shape index (κ3) is 3.55. The molecule has 0 bridgehead atoms. The molecule has 11 heteroatoms. The molecule has 1 aliphatic heterocycles. The number of nitrogens with one attached hydrogen (secondary N) is 1. The van der Waals surface area contributed by atoms with E-state index < -0.39 is 17.9 Å². The van der Waals surface area contributed by atoms with Crippen molar-refractivity contribution in [3.8, 4) is 0 Å². The summed E-state index contributed by atoms with van der Waals surface area (Å²) in [6.07, 6.45) is -0.924. The fourth-order valence-corrected chi connectivity index (χ4v) is 2.65. The van der Waals surface area contributed by atoms with Gasteiger partial charge in [0, 0.05) is 40.0 Å². The zero-order chi connectivity index (χ0) is 19.1. The van der Waals surface area contributed by atoms with Crippen LogP contribution in [0.4, 0.5) is 30.6 Å². The number of amides is 1. The van der Waals surface area contributed by atoms with Crippen LogP contribution in [0.15, 0.2) is 18.5 Å². The molecule has 3 rings (SSSR count). The molecule has 2 aromatic heterocycles. The third-order valence-corrected chi connectivity index (χ3v) is 3.97. The van der Waals surface area contributed by atoms with Gasteiger partial charge < -0.3 is 15.1 Å². The summed E-state index contributed by atoms with van der Waals surface area (Å²) in [6, 6.07) is 0.164. The Labute approximate surface area is 147 Å². The number of hydrogen-bond donors (Lipinski definition) is 1. The summed E-state index contributed by atoms with van der Waals surface area (Å²) >= 11 is 0. The van der Waals surface area contributed by atoms with Gasteiger partial charge in [0.15, 0.2) is 5.69 Å². The Balaban J connectivity index is 1.82. The largest absolute Gasteiger partial charge is 0.433 e. The number of carbonyl (C=O) groups excluding carboxylic acids is 1. The number of halogens is 3. The molecule has 0 aromatic carbocycles. The lowest BCUT2D eigenvalue weighted by Gasteiger charge is -2.18. The third-order valence-electron chi connectivity index (χ3n) is 3.97. The van der Waals surface area contributed by atoms with E-state index in [1.807, 2.05) is 0 Å². The van der Waals surface area contributed by atoms with Crippen LogP contribution in [-0.2, 0) is 18.0 Å². The van der Waals surface area contributed by atoms with Crippen LogP contribution in [0.25, 0.3) is 0 Å². The molecule has 1 atom stereocenters. The van der Waals surface area contributed by atoms with Gasteiger partial charge in [0.25, 0.3) is 0 Å². The smallest absolute Gasteiger partial charge is 0.363 e. The topological polar surface area (TPSA) is 79.2 Å². The molecule has 1 aliphatic rings. The zero-order valence-electron chi connectivity index (χ0n) is 14.4. The number of anilines is 3. The van der Waals surface area contributed by atoms with E-state index >= 15 is 0 Å². The van der Waals surface area contributed by atoms with Crippen molar-refractivity contribution >= 4 is 23.4 Å². The lowest BCUT2D eigenvalue weighted by molar-refractivity contribution is -0.141. The highest BCUT2D eigenvalue weighted by Crippen LogP contribution is 2.31. The van der Waals surface area contributed by atoms with E-state index in [-0.39, 0.29) is 17.7 Å². The Morgan fingerprint density at radius 3 is 2.62 bits per heavy atom. The number of nitrogens with zero attached hydrogens (tertiary/aromatic N) is 6. The zero-order valence-corrected chi connectivity index (χ0v) is 14.4. The van der Waals surface area contributed by atoms with Crippen molar-refractivity contribution in [1.82, 2.24) is 19.7 Å². The van der Waals surface area contributed by atoms with E-state index in [0.29, 0.717) is 18.7 Å². The molecule has 1 saturated heterocycles. The SMILES string of the molecule is CN(C)c1cc(C(F)(F)F)nc(NC2CCN(c3cnn(C)c3)C2=O)n1. The first-order valence-electron chi connectivity index (χ1n) is 7.85. The molecule has 0 aliphatic carbocycles. The monoisotopic (exact) mass is 369 g/mol. The number of hydrogen-bond acceptors (Lipinski definition) is 6. The fraction of sp³-hybridized carbons (Fsp3) is 0.467. The van der Waals surface area contributed by atoms with E-state index in [2.05, 4.69) is 20.4 Å². The molecule has 1 fully saturated rings. The second kappa shape index (κ2) is 6.46. The first kappa shape index (κ1) is 18.0. The molecule has 1 N–H and O–H groups in total. The highest BCUT2D eigenvalue weighted by Gasteiger charge is 2.36. The number of aromatic nitrogens is 4. The summed E-state index contributed by atoms with van der Waals surface area (Å²) in [4.78, 5) is 23.1. The lowest BCUT2D eigenvalue weighted by Crippen LogP contribution is -2.34. The predicted molar refractivity (Wildman–Crippen MR) is 88.9 cm³/mol. The quantitative estimate of drug-likeness (QED) is 0.880. The Morgan fingerprint density at radius 1 is 1.31 bits per heavy atom. The standard InChI is InChI=1S/C15H18F3N7O/c1-23(2)12-6-11(15(16,17)18)21-14(22-12)20-10-4-5-25(13(10)26)9-7-19-24(3)8-9/h6-8,10H,4-5H2,1-3H3,(H,20,21,22). The number of rotatable bonds is 4. The molecule has 26 heavy (non-hydrogen) atoms. The molecule has 140 valence electrons. The van der Waals surface area contributed by atoms with Gasteiger partial charge in [0.2, 0.25) is 11.9 Å². The van der Waals surface area contributed by atoms with Crippen molar-refractivity contribution in [2.45, 2.75) is 18.6 Å². The minimum Gasteiger partial charge on any atom is -0.363 e. The molecule has 0 saturated carbocycles. The van der Waals surface area contributed by atoms with Gasteiger partial charge in [0.1, 0.15) is 11.9 Å². The van der Waals surface area contributed by atoms with Gasteiger partial charge in [-0.25, -0.2) is 4.98 Å². The van der Waals surface area contributed by atoms with Crippen LogP contribution in [0.3, 0.4) is 0 Å². The van der Waals surface area contributed by atoms with Crippen LogP contribution in [0.5, 0.6) is 0 Å². The first-order valence-corrected chi connectivity index (χ1v) is 7.85. The van der Waals surface area contributed by atoms with Crippen LogP contribution in [0.1, 0.15) is 12.1 Å². The normalized spacial score (nSPS) is 17.7. The summed E-state index contributed by atoms with van der Waals surface area (Å²) in [7, 11) is 4.90. The molecule has 0 spiro atoms. The summed E-state index contributed by atoms with van der Waals surface area (Å²) in [5.74, 6) is -0.385. The first-order chi connectivity index (χ1) is 12.1. The van der Waals surface area contributed by atoms with E-state index in [9.17, 15) is 18.0 Å². The molecular formula is C15H18F3N7O. The van der Waals surface area contributed by atoms with E-state index in [4.69, 9.17) is 0 Å². The van der Waals surface area contributed by atoms with Gasteiger partial charge in [-0.15, -0.1) is 0 Å². The van der Waals surface area contributed by atoms with Crippen LogP contribution >= 0.6 is 0 Å². The molecule has 1 amide bonds. The average Bonchev–Trinajstić information content (AvgIpc) is 3.13. The van der Waals surface area contributed by atoms with Crippen LogP contribution < -0.4 is 15.1 Å². The highest BCUT2D eigenvalue weighted by molar-refractivity contribution is 6.00. The van der Waals surface area contributed by atoms with Gasteiger partial charge in [-0.1, -0.05) is 0 Å². The van der Waals surface area contributed by atoms with Crippen molar-refractivity contribution in [1.29, 1.82) is 0 Å². The van der Waals surface area contributed by atoms with E-state index in [1.54, 1.807) is 38.2 Å². The van der Waals surface area contributed by atoms with Gasteiger partial charge in [-0.3, -0.25) is 9.48 Å². The predicted octanol–water partition coefficient (Wildman–Crippen LogP) is 1.51. The minimum absolute atomic E-state index is 0.101. The van der Waals surface area contributed by atoms with Crippen molar-refractivity contribution in [2.75, 3.05) is 35.8 Å². The average molecular weight is 369 g/mol. The maximum atomic E-state index is 13.1. The Bertz CT molecular complexity index is 818. The van der Waals surface area contributed by atoms with Crippen LogP contribution in [0.2, 0.25) is 0 Å². The second-order valence-corrected chi connectivity index (χ2v) is 6.17. The van der Waals surface area contributed by atoms with E-state index in [0.717, 1.165) is 6.07 Å². The highest BCUT2D eigenvalue weighted by atomic mass is 19.4. The van der Waals surface area contributed by atoms with Crippen molar-refractivity contribution in [3.05, 3.63) is 24.2 Å². The van der Waals surface area contributed by atoms with E-state index in [1.165, 1.54) is 9.80 Å². The summed E-state index contributed by atoms with van der Waals surface area (Å²) in [5.41, 5.74) is -0.422. The Kier molecular flexibility index (Phi) is 4.46. The lowest BCUT2D eigenvalue weighted by atomic mass is 10.2. The Hall–Kier alpha value is -2.85. The molecule has 1 unspecified atom stereocenters. The molecule has 8 nitrogen and oxygen atoms in total.